The van der Waals surface area contributed by atoms with Crippen molar-refractivity contribution in [2.75, 3.05) is 11.9 Å². The van der Waals surface area contributed by atoms with Crippen molar-refractivity contribution < 1.29 is 14.3 Å². The fourth-order valence-electron chi connectivity index (χ4n) is 2.22. The van der Waals surface area contributed by atoms with Gasteiger partial charge in [-0.1, -0.05) is 41.8 Å². The van der Waals surface area contributed by atoms with Crippen molar-refractivity contribution in [3.8, 4) is 11.5 Å². The number of unbranched alkanes of at least 4 members (excludes halogenated alkanes) is 2. The van der Waals surface area contributed by atoms with Crippen LogP contribution in [0.25, 0.3) is 0 Å². The van der Waals surface area contributed by atoms with E-state index in [1.807, 2.05) is 48.5 Å². The van der Waals surface area contributed by atoms with E-state index >= 15 is 0 Å². The normalized spacial score (nSPS) is 11.6. The minimum atomic E-state index is -0.598. The minimum Gasteiger partial charge on any atom is -0.494 e. The summed E-state index contributed by atoms with van der Waals surface area (Å²) >= 11 is 3.38. The molecule has 0 radical (unpaired) electrons. The zero-order valence-corrected chi connectivity index (χ0v) is 16.2. The van der Waals surface area contributed by atoms with Gasteiger partial charge in [-0.3, -0.25) is 4.79 Å². The molecule has 0 aromatic heterocycles. The molecule has 5 heteroatoms. The number of nitrogens with one attached hydrogen (secondary N) is 1. The molecule has 0 heterocycles. The topological polar surface area (TPSA) is 47.6 Å². The number of carbonyl (C=O) groups excluding carboxylic acids is 1. The maximum atomic E-state index is 12.3. The van der Waals surface area contributed by atoms with E-state index in [0.717, 1.165) is 28.9 Å². The van der Waals surface area contributed by atoms with Crippen molar-refractivity contribution in [2.45, 2.75) is 39.2 Å². The van der Waals surface area contributed by atoms with Gasteiger partial charge in [-0.05, 0) is 55.8 Å². The standard InChI is InChI=1S/C20H24BrNO3/c1-3-4-5-13-24-18-11-9-17(10-12-18)22-20(23)15(2)25-19-8-6-7-16(21)14-19/h6-12,14-15H,3-5,13H2,1-2H3,(H,22,23). The van der Waals surface area contributed by atoms with Crippen LogP contribution in [0, 0.1) is 0 Å². The zero-order chi connectivity index (χ0) is 18.1. The minimum absolute atomic E-state index is 0.198. The predicted octanol–water partition coefficient (Wildman–Crippen LogP) is 5.42. The molecule has 0 aliphatic rings. The molecule has 0 aliphatic heterocycles. The molecule has 0 fully saturated rings. The van der Waals surface area contributed by atoms with Gasteiger partial charge in [0.15, 0.2) is 6.10 Å². The van der Waals surface area contributed by atoms with Crippen molar-refractivity contribution in [2.24, 2.45) is 0 Å². The smallest absolute Gasteiger partial charge is 0.265 e. The number of ether oxygens (including phenoxy) is 2. The van der Waals surface area contributed by atoms with Crippen molar-refractivity contribution >= 4 is 27.5 Å². The fourth-order valence-corrected chi connectivity index (χ4v) is 2.60. The second kappa shape index (κ2) is 10.1. The lowest BCUT2D eigenvalue weighted by Gasteiger charge is -2.15. The summed E-state index contributed by atoms with van der Waals surface area (Å²) in [5, 5.41) is 2.85. The second-order valence-electron chi connectivity index (χ2n) is 5.79. The Morgan fingerprint density at radius 1 is 1.12 bits per heavy atom. The van der Waals surface area contributed by atoms with Gasteiger partial charge >= 0.3 is 0 Å². The number of rotatable bonds is 9. The quantitative estimate of drug-likeness (QED) is 0.566. The van der Waals surface area contributed by atoms with Gasteiger partial charge in [0.05, 0.1) is 6.61 Å². The molecule has 0 spiro atoms. The van der Waals surface area contributed by atoms with Gasteiger partial charge in [-0.15, -0.1) is 0 Å². The van der Waals surface area contributed by atoms with Crippen LogP contribution < -0.4 is 14.8 Å². The Bertz CT molecular complexity index is 673. The van der Waals surface area contributed by atoms with E-state index in [9.17, 15) is 4.79 Å². The first kappa shape index (κ1) is 19.3. The first-order valence-corrected chi connectivity index (χ1v) is 9.33. The van der Waals surface area contributed by atoms with Gasteiger partial charge in [0.25, 0.3) is 5.91 Å². The van der Waals surface area contributed by atoms with Crippen LogP contribution in [0.1, 0.15) is 33.1 Å². The predicted molar refractivity (Wildman–Crippen MR) is 104 cm³/mol. The summed E-state index contributed by atoms with van der Waals surface area (Å²) in [4.78, 5) is 12.3. The maximum absolute atomic E-state index is 12.3. The molecule has 2 aromatic carbocycles. The van der Waals surface area contributed by atoms with E-state index in [-0.39, 0.29) is 5.91 Å². The van der Waals surface area contributed by atoms with E-state index in [1.54, 1.807) is 6.92 Å². The van der Waals surface area contributed by atoms with Crippen LogP contribution in [0.4, 0.5) is 5.69 Å². The Morgan fingerprint density at radius 2 is 1.88 bits per heavy atom. The Balaban J connectivity index is 1.83. The fraction of sp³-hybridized carbons (Fsp3) is 0.350. The van der Waals surface area contributed by atoms with Crippen LogP contribution in [0.5, 0.6) is 11.5 Å². The second-order valence-corrected chi connectivity index (χ2v) is 6.70. The lowest BCUT2D eigenvalue weighted by Crippen LogP contribution is -2.30. The summed E-state index contributed by atoms with van der Waals surface area (Å²) in [5.74, 6) is 1.26. The van der Waals surface area contributed by atoms with Crippen LogP contribution >= 0.6 is 15.9 Å². The van der Waals surface area contributed by atoms with E-state index in [1.165, 1.54) is 12.8 Å². The lowest BCUT2D eigenvalue weighted by molar-refractivity contribution is -0.122. The number of hydrogen-bond donors (Lipinski definition) is 1. The summed E-state index contributed by atoms with van der Waals surface area (Å²) in [6.07, 6.45) is 2.80. The highest BCUT2D eigenvalue weighted by atomic mass is 79.9. The number of amides is 1. The Morgan fingerprint density at radius 3 is 2.56 bits per heavy atom. The zero-order valence-electron chi connectivity index (χ0n) is 14.6. The van der Waals surface area contributed by atoms with Gasteiger partial charge < -0.3 is 14.8 Å². The number of hydrogen-bond acceptors (Lipinski definition) is 3. The van der Waals surface area contributed by atoms with Gasteiger partial charge in [0.1, 0.15) is 11.5 Å². The first-order chi connectivity index (χ1) is 12.1. The number of anilines is 1. The van der Waals surface area contributed by atoms with Crippen LogP contribution in [0.3, 0.4) is 0 Å². The van der Waals surface area contributed by atoms with Crippen LogP contribution in [0.15, 0.2) is 53.0 Å². The molecule has 1 unspecified atom stereocenters. The summed E-state index contributed by atoms with van der Waals surface area (Å²) in [7, 11) is 0. The summed E-state index contributed by atoms with van der Waals surface area (Å²) in [6, 6.07) is 14.8. The Hall–Kier alpha value is -2.01. The molecular weight excluding hydrogens is 382 g/mol. The average Bonchev–Trinajstić information content (AvgIpc) is 2.60. The molecule has 0 saturated heterocycles. The molecule has 1 amide bonds. The molecule has 1 atom stereocenters. The molecular formula is C20H24BrNO3. The third-order valence-corrected chi connectivity index (χ3v) is 4.11. The molecule has 2 rings (SSSR count). The first-order valence-electron chi connectivity index (χ1n) is 8.54. The van der Waals surface area contributed by atoms with E-state index in [2.05, 4.69) is 28.2 Å². The largest absolute Gasteiger partial charge is 0.494 e. The van der Waals surface area contributed by atoms with Crippen molar-refractivity contribution in [1.29, 1.82) is 0 Å². The van der Waals surface area contributed by atoms with Crippen LogP contribution in [-0.2, 0) is 4.79 Å². The van der Waals surface area contributed by atoms with Crippen molar-refractivity contribution in [3.63, 3.8) is 0 Å². The molecule has 1 N–H and O–H groups in total. The number of carbonyl (C=O) groups is 1. The monoisotopic (exact) mass is 405 g/mol. The highest BCUT2D eigenvalue weighted by Gasteiger charge is 2.15. The highest BCUT2D eigenvalue weighted by Crippen LogP contribution is 2.20. The van der Waals surface area contributed by atoms with E-state index in [0.29, 0.717) is 5.75 Å². The highest BCUT2D eigenvalue weighted by molar-refractivity contribution is 9.10. The van der Waals surface area contributed by atoms with Gasteiger partial charge in [0, 0.05) is 10.2 Å². The Labute approximate surface area is 157 Å². The number of benzene rings is 2. The lowest BCUT2D eigenvalue weighted by atomic mass is 10.2. The molecule has 4 nitrogen and oxygen atoms in total. The molecule has 2 aromatic rings. The van der Waals surface area contributed by atoms with Gasteiger partial charge in [0.2, 0.25) is 0 Å². The van der Waals surface area contributed by atoms with Gasteiger partial charge in [-0.25, -0.2) is 0 Å². The van der Waals surface area contributed by atoms with Gasteiger partial charge in [-0.2, -0.15) is 0 Å². The maximum Gasteiger partial charge on any atom is 0.265 e. The number of halogens is 1. The molecule has 134 valence electrons. The van der Waals surface area contributed by atoms with E-state index < -0.39 is 6.10 Å². The third-order valence-electron chi connectivity index (χ3n) is 3.62. The van der Waals surface area contributed by atoms with Crippen LogP contribution in [0.2, 0.25) is 0 Å². The molecule has 0 saturated carbocycles. The van der Waals surface area contributed by atoms with E-state index in [4.69, 9.17) is 9.47 Å². The summed E-state index contributed by atoms with van der Waals surface area (Å²) in [5.41, 5.74) is 0.718. The van der Waals surface area contributed by atoms with Crippen molar-refractivity contribution in [3.05, 3.63) is 53.0 Å². The Kier molecular flexibility index (Phi) is 7.79. The third kappa shape index (κ3) is 6.78. The molecule has 25 heavy (non-hydrogen) atoms. The van der Waals surface area contributed by atoms with Crippen molar-refractivity contribution in [1.82, 2.24) is 0 Å². The SMILES string of the molecule is CCCCCOc1ccc(NC(=O)C(C)Oc2cccc(Br)c2)cc1. The summed E-state index contributed by atoms with van der Waals surface area (Å²) < 4.78 is 12.2. The molecule has 0 bridgehead atoms. The molecule has 0 aliphatic carbocycles. The van der Waals surface area contributed by atoms with Crippen LogP contribution in [-0.4, -0.2) is 18.6 Å². The summed E-state index contributed by atoms with van der Waals surface area (Å²) in [6.45, 7) is 4.61. The average molecular weight is 406 g/mol.